The van der Waals surface area contributed by atoms with Crippen molar-refractivity contribution in [2.45, 2.75) is 37.3 Å². The van der Waals surface area contributed by atoms with Gasteiger partial charge in [0, 0.05) is 0 Å². The molecule has 0 radical (unpaired) electrons. The summed E-state index contributed by atoms with van der Waals surface area (Å²) in [5.41, 5.74) is 0.662. The van der Waals surface area contributed by atoms with E-state index in [1.54, 1.807) is 16.9 Å². The number of aromatic nitrogens is 3. The van der Waals surface area contributed by atoms with Gasteiger partial charge in [0.15, 0.2) is 5.69 Å². The fourth-order valence-electron chi connectivity index (χ4n) is 3.31. The van der Waals surface area contributed by atoms with Crippen LogP contribution in [0.4, 0.5) is 4.39 Å². The van der Waals surface area contributed by atoms with Gasteiger partial charge in [0.1, 0.15) is 5.82 Å². The zero-order chi connectivity index (χ0) is 16.6. The fourth-order valence-corrected chi connectivity index (χ4v) is 3.31. The first kappa shape index (κ1) is 17.8. The Balaban J connectivity index is 0.00000182. The van der Waals surface area contributed by atoms with E-state index >= 15 is 0 Å². The van der Waals surface area contributed by atoms with E-state index in [4.69, 9.17) is 0 Å². The van der Waals surface area contributed by atoms with Gasteiger partial charge in [-0.2, -0.15) is 0 Å². The summed E-state index contributed by atoms with van der Waals surface area (Å²) < 4.78 is 15.2. The molecule has 1 amide bonds. The zero-order valence-corrected chi connectivity index (χ0v) is 14.6. The maximum absolute atomic E-state index is 13.5. The van der Waals surface area contributed by atoms with Crippen LogP contribution in [0, 0.1) is 5.82 Å². The molecule has 1 aliphatic carbocycles. The predicted octanol–water partition coefficient (Wildman–Crippen LogP) is 2.18. The average molecular weight is 366 g/mol. The number of benzene rings is 1. The van der Waals surface area contributed by atoms with Gasteiger partial charge in [-0.25, -0.2) is 9.07 Å². The molecule has 134 valence electrons. The second-order valence-corrected chi connectivity index (χ2v) is 6.61. The summed E-state index contributed by atoms with van der Waals surface area (Å²) in [6, 6.07) is 6.70. The van der Waals surface area contributed by atoms with Crippen LogP contribution in [0.5, 0.6) is 0 Å². The third-order valence-corrected chi connectivity index (χ3v) is 4.91. The lowest BCUT2D eigenvalue weighted by atomic mass is 10.0. The second-order valence-electron chi connectivity index (χ2n) is 6.61. The summed E-state index contributed by atoms with van der Waals surface area (Å²) in [5.74, 6) is -0.540. The van der Waals surface area contributed by atoms with Gasteiger partial charge in [-0.05, 0) is 56.5 Å². The van der Waals surface area contributed by atoms with Gasteiger partial charge in [0.05, 0.1) is 17.8 Å². The van der Waals surface area contributed by atoms with E-state index in [1.807, 2.05) is 6.07 Å². The SMILES string of the molecule is Cl.O=C(NC1(c2cccc(F)c2)CC1)c1cn(C2CCNCC2)nn1. The molecule has 25 heavy (non-hydrogen) atoms. The number of nitrogens with zero attached hydrogens (tertiary/aromatic N) is 3. The van der Waals surface area contributed by atoms with Crippen LogP contribution in [0.2, 0.25) is 0 Å². The number of rotatable bonds is 4. The smallest absolute Gasteiger partial charge is 0.274 e. The first-order valence-corrected chi connectivity index (χ1v) is 8.37. The van der Waals surface area contributed by atoms with E-state index in [1.165, 1.54) is 12.1 Å². The normalized spacial score (nSPS) is 19.1. The Hall–Kier alpha value is -1.99. The topological polar surface area (TPSA) is 71.8 Å². The van der Waals surface area contributed by atoms with E-state index in [-0.39, 0.29) is 24.1 Å². The van der Waals surface area contributed by atoms with E-state index in [2.05, 4.69) is 20.9 Å². The lowest BCUT2D eigenvalue weighted by molar-refractivity contribution is 0.0925. The van der Waals surface area contributed by atoms with Crippen LogP contribution < -0.4 is 10.6 Å². The van der Waals surface area contributed by atoms with Gasteiger partial charge >= 0.3 is 0 Å². The molecule has 6 nitrogen and oxygen atoms in total. The molecular weight excluding hydrogens is 345 g/mol. The molecule has 0 spiro atoms. The molecule has 1 saturated carbocycles. The third-order valence-electron chi connectivity index (χ3n) is 4.91. The largest absolute Gasteiger partial charge is 0.341 e. The third kappa shape index (κ3) is 3.67. The summed E-state index contributed by atoms with van der Waals surface area (Å²) in [4.78, 5) is 12.5. The molecule has 0 atom stereocenters. The Labute approximate surface area is 151 Å². The number of hydrogen-bond acceptors (Lipinski definition) is 4. The summed E-state index contributed by atoms with van der Waals surface area (Å²) in [6.45, 7) is 1.91. The lowest BCUT2D eigenvalue weighted by Gasteiger charge is -2.22. The van der Waals surface area contributed by atoms with Gasteiger partial charge in [-0.3, -0.25) is 4.79 Å². The van der Waals surface area contributed by atoms with Crippen LogP contribution >= 0.6 is 12.4 Å². The maximum Gasteiger partial charge on any atom is 0.274 e. The molecule has 1 saturated heterocycles. The minimum atomic E-state index is -0.461. The zero-order valence-electron chi connectivity index (χ0n) is 13.7. The van der Waals surface area contributed by atoms with Crippen molar-refractivity contribution in [1.29, 1.82) is 0 Å². The minimum Gasteiger partial charge on any atom is -0.341 e. The molecule has 2 N–H and O–H groups in total. The van der Waals surface area contributed by atoms with Crippen LogP contribution in [-0.2, 0) is 5.54 Å². The average Bonchev–Trinajstić information content (AvgIpc) is 3.21. The summed E-state index contributed by atoms with van der Waals surface area (Å²) in [6.07, 6.45) is 5.30. The van der Waals surface area contributed by atoms with E-state index in [0.717, 1.165) is 44.3 Å². The molecule has 0 bridgehead atoms. The van der Waals surface area contributed by atoms with Crippen molar-refractivity contribution in [3.8, 4) is 0 Å². The van der Waals surface area contributed by atoms with Gasteiger partial charge in [-0.15, -0.1) is 17.5 Å². The Morgan fingerprint density at radius 1 is 1.32 bits per heavy atom. The highest BCUT2D eigenvalue weighted by atomic mass is 35.5. The Morgan fingerprint density at radius 2 is 2.08 bits per heavy atom. The van der Waals surface area contributed by atoms with Gasteiger partial charge in [-0.1, -0.05) is 17.3 Å². The molecule has 1 aromatic heterocycles. The van der Waals surface area contributed by atoms with E-state index in [9.17, 15) is 9.18 Å². The summed E-state index contributed by atoms with van der Waals surface area (Å²) >= 11 is 0. The number of amides is 1. The van der Waals surface area contributed by atoms with Crippen LogP contribution in [0.3, 0.4) is 0 Å². The number of carbonyl (C=O) groups excluding carboxylic acids is 1. The summed E-state index contributed by atoms with van der Waals surface area (Å²) in [5, 5.41) is 14.5. The molecular formula is C17H21ClFN5O. The standard InChI is InChI=1S/C17H20FN5O.ClH/c18-13-3-1-2-12(10-13)17(6-7-17)20-16(24)15-11-23(22-21-15)14-4-8-19-9-5-14;/h1-3,10-11,14,19H,4-9H2,(H,20,24);1H. The Bertz CT molecular complexity index is 755. The van der Waals surface area contributed by atoms with Gasteiger partial charge in [0.25, 0.3) is 5.91 Å². The number of halogens is 2. The lowest BCUT2D eigenvalue weighted by Crippen LogP contribution is -2.35. The van der Waals surface area contributed by atoms with Crippen molar-refractivity contribution in [1.82, 2.24) is 25.6 Å². The first-order chi connectivity index (χ1) is 11.7. The van der Waals surface area contributed by atoms with Crippen LogP contribution in [0.25, 0.3) is 0 Å². The number of carbonyl (C=O) groups is 1. The van der Waals surface area contributed by atoms with Crippen molar-refractivity contribution in [2.24, 2.45) is 0 Å². The first-order valence-electron chi connectivity index (χ1n) is 8.37. The summed E-state index contributed by atoms with van der Waals surface area (Å²) in [7, 11) is 0. The number of nitrogens with one attached hydrogen (secondary N) is 2. The molecule has 2 fully saturated rings. The second kappa shape index (κ2) is 7.09. The van der Waals surface area contributed by atoms with Crippen molar-refractivity contribution >= 4 is 18.3 Å². The van der Waals surface area contributed by atoms with Crippen LogP contribution in [-0.4, -0.2) is 34.0 Å². The fraction of sp³-hybridized carbons (Fsp3) is 0.471. The molecule has 1 aromatic carbocycles. The molecule has 2 aliphatic rings. The maximum atomic E-state index is 13.5. The minimum absolute atomic E-state index is 0. The molecule has 8 heteroatoms. The van der Waals surface area contributed by atoms with E-state index < -0.39 is 5.54 Å². The van der Waals surface area contributed by atoms with Crippen molar-refractivity contribution in [3.05, 3.63) is 47.5 Å². The van der Waals surface area contributed by atoms with Gasteiger partial charge in [0.2, 0.25) is 0 Å². The highest BCUT2D eigenvalue weighted by Gasteiger charge is 2.46. The highest BCUT2D eigenvalue weighted by molar-refractivity contribution is 5.92. The molecule has 4 rings (SSSR count). The van der Waals surface area contributed by atoms with Crippen LogP contribution in [0.15, 0.2) is 30.5 Å². The number of hydrogen-bond donors (Lipinski definition) is 2. The molecule has 1 aliphatic heterocycles. The van der Waals surface area contributed by atoms with E-state index in [0.29, 0.717) is 11.7 Å². The van der Waals surface area contributed by atoms with Crippen molar-refractivity contribution in [3.63, 3.8) is 0 Å². The highest BCUT2D eigenvalue weighted by Crippen LogP contribution is 2.45. The van der Waals surface area contributed by atoms with Crippen LogP contribution in [0.1, 0.15) is 47.8 Å². The predicted molar refractivity (Wildman–Crippen MR) is 93.2 cm³/mol. The van der Waals surface area contributed by atoms with Crippen molar-refractivity contribution in [2.75, 3.05) is 13.1 Å². The Morgan fingerprint density at radius 3 is 2.76 bits per heavy atom. The molecule has 2 aromatic rings. The van der Waals surface area contributed by atoms with Crippen molar-refractivity contribution < 1.29 is 9.18 Å². The number of piperidine rings is 1. The monoisotopic (exact) mass is 365 g/mol. The molecule has 2 heterocycles. The van der Waals surface area contributed by atoms with Gasteiger partial charge < -0.3 is 10.6 Å². The Kier molecular flexibility index (Phi) is 5.06. The quantitative estimate of drug-likeness (QED) is 0.871. The molecule has 0 unspecified atom stereocenters.